The summed E-state index contributed by atoms with van der Waals surface area (Å²) in [6.45, 7) is 0.612. The molecule has 0 spiro atoms. The van der Waals surface area contributed by atoms with Crippen molar-refractivity contribution in [1.29, 1.82) is 0 Å². The summed E-state index contributed by atoms with van der Waals surface area (Å²) in [6, 6.07) is 6.86. The lowest BCUT2D eigenvalue weighted by Crippen LogP contribution is -2.07. The number of anilines is 1. The van der Waals surface area contributed by atoms with E-state index in [2.05, 4.69) is 20.3 Å². The maximum absolute atomic E-state index is 13.3. The standard InChI is InChI=1S/C15H11Cl2FN4/c16-12-2-1-9(5-13(12)17)3-4-19-14-11-6-10(18)7-20-15(11)22-8-21-14/h1-2,5-8H,3-4H2,(H,19,20,21,22). The molecule has 22 heavy (non-hydrogen) atoms. The second kappa shape index (κ2) is 6.42. The average Bonchev–Trinajstić information content (AvgIpc) is 2.51. The van der Waals surface area contributed by atoms with Crippen LogP contribution in [0.3, 0.4) is 0 Å². The summed E-state index contributed by atoms with van der Waals surface area (Å²) in [5.74, 6) is 0.131. The van der Waals surface area contributed by atoms with Gasteiger partial charge in [0.05, 0.1) is 21.6 Å². The van der Waals surface area contributed by atoms with Crippen LogP contribution in [0.4, 0.5) is 10.2 Å². The first-order valence-electron chi connectivity index (χ1n) is 6.57. The molecule has 0 bridgehead atoms. The van der Waals surface area contributed by atoms with Crippen molar-refractivity contribution in [3.05, 3.63) is 58.2 Å². The molecular weight excluding hydrogens is 326 g/mol. The molecule has 0 fully saturated rings. The van der Waals surface area contributed by atoms with Gasteiger partial charge in [-0.25, -0.2) is 19.3 Å². The summed E-state index contributed by atoms with van der Waals surface area (Å²) in [5, 5.41) is 4.77. The number of rotatable bonds is 4. The second-order valence-corrected chi connectivity index (χ2v) is 5.49. The molecule has 3 aromatic rings. The molecule has 0 aliphatic rings. The van der Waals surface area contributed by atoms with Crippen LogP contribution in [0.2, 0.25) is 10.0 Å². The van der Waals surface area contributed by atoms with E-state index in [1.807, 2.05) is 12.1 Å². The van der Waals surface area contributed by atoms with Gasteiger partial charge in [0.2, 0.25) is 0 Å². The molecule has 7 heteroatoms. The quantitative estimate of drug-likeness (QED) is 0.778. The van der Waals surface area contributed by atoms with Crippen LogP contribution in [-0.4, -0.2) is 21.5 Å². The van der Waals surface area contributed by atoms with Crippen molar-refractivity contribution in [1.82, 2.24) is 15.0 Å². The van der Waals surface area contributed by atoms with E-state index >= 15 is 0 Å². The fourth-order valence-corrected chi connectivity index (χ4v) is 2.40. The number of halogens is 3. The van der Waals surface area contributed by atoms with Gasteiger partial charge in [-0.15, -0.1) is 0 Å². The van der Waals surface area contributed by atoms with E-state index in [9.17, 15) is 4.39 Å². The third kappa shape index (κ3) is 3.26. The Balaban J connectivity index is 1.74. The highest BCUT2D eigenvalue weighted by Crippen LogP contribution is 2.23. The largest absolute Gasteiger partial charge is 0.369 e. The normalized spacial score (nSPS) is 10.9. The monoisotopic (exact) mass is 336 g/mol. The van der Waals surface area contributed by atoms with Gasteiger partial charge >= 0.3 is 0 Å². The van der Waals surface area contributed by atoms with Crippen LogP contribution in [0.15, 0.2) is 36.8 Å². The van der Waals surface area contributed by atoms with E-state index in [1.165, 1.54) is 12.4 Å². The summed E-state index contributed by atoms with van der Waals surface area (Å²) >= 11 is 11.9. The van der Waals surface area contributed by atoms with Crippen LogP contribution >= 0.6 is 23.2 Å². The molecule has 0 radical (unpaired) electrons. The van der Waals surface area contributed by atoms with Gasteiger partial charge in [-0.2, -0.15) is 0 Å². The lowest BCUT2D eigenvalue weighted by Gasteiger charge is -2.08. The third-order valence-electron chi connectivity index (χ3n) is 3.15. The molecule has 0 unspecified atom stereocenters. The summed E-state index contributed by atoms with van der Waals surface area (Å²) in [6.07, 6.45) is 3.26. The molecule has 112 valence electrons. The minimum atomic E-state index is -0.421. The molecule has 1 aromatic carbocycles. The van der Waals surface area contributed by atoms with Crippen molar-refractivity contribution in [3.8, 4) is 0 Å². The fourth-order valence-electron chi connectivity index (χ4n) is 2.08. The zero-order chi connectivity index (χ0) is 15.5. The number of aromatic nitrogens is 3. The smallest absolute Gasteiger partial charge is 0.164 e. The Labute approximate surface area is 136 Å². The molecule has 0 saturated heterocycles. The molecule has 4 nitrogen and oxygen atoms in total. The molecule has 2 heterocycles. The molecule has 1 N–H and O–H groups in total. The zero-order valence-electron chi connectivity index (χ0n) is 11.4. The van der Waals surface area contributed by atoms with Crippen LogP contribution in [0.25, 0.3) is 11.0 Å². The fraction of sp³-hybridized carbons (Fsp3) is 0.133. The van der Waals surface area contributed by atoms with Gasteiger partial charge in [-0.05, 0) is 30.2 Å². The maximum atomic E-state index is 13.3. The second-order valence-electron chi connectivity index (χ2n) is 4.67. The molecule has 0 amide bonds. The van der Waals surface area contributed by atoms with Crippen molar-refractivity contribution < 1.29 is 4.39 Å². The summed E-state index contributed by atoms with van der Waals surface area (Å²) in [4.78, 5) is 12.1. The molecule has 0 atom stereocenters. The minimum Gasteiger partial charge on any atom is -0.369 e. The number of nitrogens with zero attached hydrogens (tertiary/aromatic N) is 3. The third-order valence-corrected chi connectivity index (χ3v) is 3.88. The number of hydrogen-bond acceptors (Lipinski definition) is 4. The lowest BCUT2D eigenvalue weighted by atomic mass is 10.1. The average molecular weight is 337 g/mol. The highest BCUT2D eigenvalue weighted by Gasteiger charge is 2.06. The van der Waals surface area contributed by atoms with Crippen molar-refractivity contribution >= 4 is 40.1 Å². The van der Waals surface area contributed by atoms with Crippen LogP contribution < -0.4 is 5.32 Å². The van der Waals surface area contributed by atoms with Gasteiger partial charge in [0.15, 0.2) is 5.65 Å². The first kappa shape index (κ1) is 14.9. The van der Waals surface area contributed by atoms with Gasteiger partial charge in [0.25, 0.3) is 0 Å². The van der Waals surface area contributed by atoms with Crippen LogP contribution in [0.1, 0.15) is 5.56 Å². The van der Waals surface area contributed by atoms with Gasteiger partial charge in [-0.3, -0.25) is 0 Å². The van der Waals surface area contributed by atoms with Crippen LogP contribution in [-0.2, 0) is 6.42 Å². The Morgan fingerprint density at radius 2 is 1.91 bits per heavy atom. The van der Waals surface area contributed by atoms with E-state index in [1.54, 1.807) is 6.07 Å². The Kier molecular flexibility index (Phi) is 4.36. The number of fused-ring (bicyclic) bond motifs is 1. The number of nitrogens with one attached hydrogen (secondary N) is 1. The predicted octanol–water partition coefficient (Wildman–Crippen LogP) is 4.13. The number of pyridine rings is 1. The SMILES string of the molecule is Fc1cnc2ncnc(NCCc3ccc(Cl)c(Cl)c3)c2c1. The Hall–Kier alpha value is -1.98. The van der Waals surface area contributed by atoms with E-state index in [-0.39, 0.29) is 0 Å². The predicted molar refractivity (Wildman–Crippen MR) is 85.9 cm³/mol. The Morgan fingerprint density at radius 3 is 2.73 bits per heavy atom. The topological polar surface area (TPSA) is 50.7 Å². The van der Waals surface area contributed by atoms with Crippen molar-refractivity contribution in [2.75, 3.05) is 11.9 Å². The number of benzene rings is 1. The van der Waals surface area contributed by atoms with Crippen molar-refractivity contribution in [2.45, 2.75) is 6.42 Å². The van der Waals surface area contributed by atoms with E-state index in [0.717, 1.165) is 18.2 Å². The summed E-state index contributed by atoms with van der Waals surface area (Å²) in [7, 11) is 0. The maximum Gasteiger partial charge on any atom is 0.164 e. The van der Waals surface area contributed by atoms with Crippen molar-refractivity contribution in [2.24, 2.45) is 0 Å². The lowest BCUT2D eigenvalue weighted by molar-refractivity contribution is 0.624. The van der Waals surface area contributed by atoms with Crippen LogP contribution in [0.5, 0.6) is 0 Å². The summed E-state index contributed by atoms with van der Waals surface area (Å²) < 4.78 is 13.3. The molecular formula is C15H11Cl2FN4. The van der Waals surface area contributed by atoms with Gasteiger partial charge in [-0.1, -0.05) is 29.3 Å². The van der Waals surface area contributed by atoms with Gasteiger partial charge in [0.1, 0.15) is 18.0 Å². The highest BCUT2D eigenvalue weighted by atomic mass is 35.5. The summed E-state index contributed by atoms with van der Waals surface area (Å²) in [5.41, 5.74) is 1.50. The molecule has 0 aliphatic carbocycles. The van der Waals surface area contributed by atoms with E-state index in [4.69, 9.17) is 23.2 Å². The molecule has 0 aliphatic heterocycles. The minimum absolute atomic E-state index is 0.421. The molecule has 2 aromatic heterocycles. The van der Waals surface area contributed by atoms with E-state index < -0.39 is 5.82 Å². The first-order chi connectivity index (χ1) is 10.6. The Morgan fingerprint density at radius 1 is 1.05 bits per heavy atom. The van der Waals surface area contributed by atoms with E-state index in [0.29, 0.717) is 33.4 Å². The molecule has 3 rings (SSSR count). The van der Waals surface area contributed by atoms with Crippen LogP contribution in [0, 0.1) is 5.82 Å². The Bertz CT molecular complexity index is 826. The zero-order valence-corrected chi connectivity index (χ0v) is 12.9. The van der Waals surface area contributed by atoms with Gasteiger partial charge < -0.3 is 5.32 Å². The first-order valence-corrected chi connectivity index (χ1v) is 7.33. The van der Waals surface area contributed by atoms with Crippen molar-refractivity contribution in [3.63, 3.8) is 0 Å². The van der Waals surface area contributed by atoms with Gasteiger partial charge in [0, 0.05) is 6.54 Å². The molecule has 0 saturated carbocycles. The number of hydrogen-bond donors (Lipinski definition) is 1. The highest BCUT2D eigenvalue weighted by molar-refractivity contribution is 6.42.